The zero-order valence-electron chi connectivity index (χ0n) is 11.5. The summed E-state index contributed by atoms with van der Waals surface area (Å²) in [5.41, 5.74) is 0. The van der Waals surface area contributed by atoms with Crippen molar-refractivity contribution in [2.45, 2.75) is 32.0 Å². The summed E-state index contributed by atoms with van der Waals surface area (Å²) in [5, 5.41) is 2.91. The van der Waals surface area contributed by atoms with Gasteiger partial charge in [0.1, 0.15) is 6.04 Å². The third-order valence-electron chi connectivity index (χ3n) is 4.27. The van der Waals surface area contributed by atoms with Gasteiger partial charge in [-0.15, -0.1) is 0 Å². The van der Waals surface area contributed by atoms with Crippen LogP contribution < -0.4 is 5.32 Å². The molecule has 0 bridgehead atoms. The molecule has 0 aromatic rings. The monoisotopic (exact) mass is 279 g/mol. The van der Waals surface area contributed by atoms with Gasteiger partial charge in [-0.25, -0.2) is 0 Å². The number of halogens is 3. The SMILES string of the molecule is CCN1CCC(CN2CCCNCC2C(F)(F)F)C1. The smallest absolute Gasteiger partial charge is 0.315 e. The average Bonchev–Trinajstić information content (AvgIpc) is 2.65. The molecule has 19 heavy (non-hydrogen) atoms. The molecule has 2 rings (SSSR count). The Bertz CT molecular complexity index is 283. The highest BCUT2D eigenvalue weighted by Gasteiger charge is 2.44. The van der Waals surface area contributed by atoms with E-state index in [2.05, 4.69) is 17.1 Å². The van der Waals surface area contributed by atoms with Gasteiger partial charge in [-0.2, -0.15) is 13.2 Å². The summed E-state index contributed by atoms with van der Waals surface area (Å²) in [6.07, 6.45) is -2.29. The summed E-state index contributed by atoms with van der Waals surface area (Å²) in [5.74, 6) is 0.392. The van der Waals surface area contributed by atoms with E-state index in [4.69, 9.17) is 0 Å². The molecule has 0 aromatic carbocycles. The molecule has 0 saturated carbocycles. The molecular weight excluding hydrogens is 255 g/mol. The lowest BCUT2D eigenvalue weighted by Gasteiger charge is -2.33. The van der Waals surface area contributed by atoms with Gasteiger partial charge in [-0.3, -0.25) is 4.90 Å². The number of likely N-dealkylation sites (tertiary alicyclic amines) is 1. The Kier molecular flexibility index (Phi) is 5.09. The number of alkyl halides is 3. The highest BCUT2D eigenvalue weighted by atomic mass is 19.4. The second-order valence-corrected chi connectivity index (χ2v) is 5.66. The van der Waals surface area contributed by atoms with Crippen LogP contribution in [0.25, 0.3) is 0 Å². The quantitative estimate of drug-likeness (QED) is 0.846. The number of hydrogen-bond donors (Lipinski definition) is 1. The molecule has 0 spiro atoms. The van der Waals surface area contributed by atoms with E-state index in [-0.39, 0.29) is 6.54 Å². The lowest BCUT2D eigenvalue weighted by Crippen LogP contribution is -2.51. The molecule has 3 nitrogen and oxygen atoms in total. The van der Waals surface area contributed by atoms with Crippen molar-refractivity contribution in [2.75, 3.05) is 45.8 Å². The predicted octanol–water partition coefficient (Wildman–Crippen LogP) is 1.55. The van der Waals surface area contributed by atoms with E-state index in [1.54, 1.807) is 4.90 Å². The lowest BCUT2D eigenvalue weighted by atomic mass is 10.1. The first-order chi connectivity index (χ1) is 9.00. The van der Waals surface area contributed by atoms with Gasteiger partial charge in [0.25, 0.3) is 0 Å². The predicted molar refractivity (Wildman–Crippen MR) is 69.1 cm³/mol. The van der Waals surface area contributed by atoms with Crippen molar-refractivity contribution < 1.29 is 13.2 Å². The fraction of sp³-hybridized carbons (Fsp3) is 1.00. The van der Waals surface area contributed by atoms with E-state index in [1.807, 2.05) is 0 Å². The summed E-state index contributed by atoms with van der Waals surface area (Å²) in [7, 11) is 0. The van der Waals surface area contributed by atoms with Crippen LogP contribution in [0.5, 0.6) is 0 Å². The Morgan fingerprint density at radius 2 is 2.05 bits per heavy atom. The average molecular weight is 279 g/mol. The minimum atomic E-state index is -4.12. The van der Waals surface area contributed by atoms with Crippen molar-refractivity contribution in [2.24, 2.45) is 5.92 Å². The standard InChI is InChI=1S/C13H24F3N3/c1-2-18-7-4-11(9-18)10-19-6-3-5-17-8-12(19)13(14,15)16/h11-12,17H,2-10H2,1H3. The molecule has 0 aromatic heterocycles. The summed E-state index contributed by atoms with van der Waals surface area (Å²) < 4.78 is 39.3. The summed E-state index contributed by atoms with van der Waals surface area (Å²) in [6, 6.07) is -1.31. The number of nitrogens with zero attached hydrogens (tertiary/aromatic N) is 2. The van der Waals surface area contributed by atoms with Gasteiger partial charge in [0.2, 0.25) is 0 Å². The Labute approximate surface area is 113 Å². The van der Waals surface area contributed by atoms with Gasteiger partial charge in [0.05, 0.1) is 0 Å². The zero-order valence-corrected chi connectivity index (χ0v) is 11.5. The molecule has 6 heteroatoms. The van der Waals surface area contributed by atoms with Gasteiger partial charge in [-0.1, -0.05) is 6.92 Å². The summed E-state index contributed by atoms with van der Waals surface area (Å²) in [6.45, 7) is 6.96. The minimum Gasteiger partial charge on any atom is -0.315 e. The van der Waals surface area contributed by atoms with E-state index in [0.29, 0.717) is 25.6 Å². The van der Waals surface area contributed by atoms with Crippen LogP contribution in [0.4, 0.5) is 13.2 Å². The summed E-state index contributed by atoms with van der Waals surface area (Å²) in [4.78, 5) is 3.98. The highest BCUT2D eigenvalue weighted by Crippen LogP contribution is 2.28. The largest absolute Gasteiger partial charge is 0.405 e. The van der Waals surface area contributed by atoms with Crippen LogP contribution in [0.3, 0.4) is 0 Å². The summed E-state index contributed by atoms with van der Waals surface area (Å²) >= 11 is 0. The van der Waals surface area contributed by atoms with E-state index in [9.17, 15) is 13.2 Å². The van der Waals surface area contributed by atoms with Crippen LogP contribution in [-0.2, 0) is 0 Å². The fourth-order valence-electron chi connectivity index (χ4n) is 3.15. The number of rotatable bonds is 3. The van der Waals surface area contributed by atoms with Crippen LogP contribution >= 0.6 is 0 Å². The van der Waals surface area contributed by atoms with Crippen molar-refractivity contribution in [1.82, 2.24) is 15.1 Å². The highest BCUT2D eigenvalue weighted by molar-refractivity contribution is 4.87. The van der Waals surface area contributed by atoms with Crippen LogP contribution in [0.15, 0.2) is 0 Å². The van der Waals surface area contributed by atoms with Gasteiger partial charge in [0, 0.05) is 26.2 Å². The fourth-order valence-corrected chi connectivity index (χ4v) is 3.15. The topological polar surface area (TPSA) is 18.5 Å². The maximum absolute atomic E-state index is 13.1. The first kappa shape index (κ1) is 15.1. The molecule has 0 amide bonds. The van der Waals surface area contributed by atoms with Crippen molar-refractivity contribution in [1.29, 1.82) is 0 Å². The molecule has 2 aliphatic rings. The lowest BCUT2D eigenvalue weighted by molar-refractivity contribution is -0.182. The van der Waals surface area contributed by atoms with Crippen LogP contribution in [0, 0.1) is 5.92 Å². The normalized spacial score (nSPS) is 31.6. The first-order valence-corrected chi connectivity index (χ1v) is 7.24. The van der Waals surface area contributed by atoms with Gasteiger partial charge in [-0.05, 0) is 38.4 Å². The third-order valence-corrected chi connectivity index (χ3v) is 4.27. The Hall–Kier alpha value is -0.330. The molecule has 2 heterocycles. The van der Waals surface area contributed by atoms with E-state index in [0.717, 1.165) is 32.5 Å². The molecule has 2 fully saturated rings. The van der Waals surface area contributed by atoms with E-state index in [1.165, 1.54) is 0 Å². The molecule has 2 saturated heterocycles. The molecule has 2 unspecified atom stereocenters. The number of hydrogen-bond acceptors (Lipinski definition) is 3. The molecule has 0 radical (unpaired) electrons. The maximum Gasteiger partial charge on any atom is 0.405 e. The molecule has 1 N–H and O–H groups in total. The van der Waals surface area contributed by atoms with Crippen LogP contribution in [0.1, 0.15) is 19.8 Å². The first-order valence-electron chi connectivity index (χ1n) is 7.24. The molecule has 2 aliphatic heterocycles. The van der Waals surface area contributed by atoms with Crippen molar-refractivity contribution >= 4 is 0 Å². The van der Waals surface area contributed by atoms with E-state index < -0.39 is 12.2 Å². The molecule has 0 aliphatic carbocycles. The third kappa shape index (κ3) is 4.07. The van der Waals surface area contributed by atoms with Crippen molar-refractivity contribution in [3.05, 3.63) is 0 Å². The van der Waals surface area contributed by atoms with Gasteiger partial charge in [0.15, 0.2) is 0 Å². The number of nitrogens with one attached hydrogen (secondary N) is 1. The van der Waals surface area contributed by atoms with Crippen LogP contribution in [-0.4, -0.2) is 67.8 Å². The molecular formula is C13H24F3N3. The van der Waals surface area contributed by atoms with Gasteiger partial charge < -0.3 is 10.2 Å². The zero-order chi connectivity index (χ0) is 13.9. The Morgan fingerprint density at radius 1 is 1.26 bits per heavy atom. The maximum atomic E-state index is 13.1. The van der Waals surface area contributed by atoms with E-state index >= 15 is 0 Å². The molecule has 112 valence electrons. The second-order valence-electron chi connectivity index (χ2n) is 5.66. The Morgan fingerprint density at radius 3 is 2.68 bits per heavy atom. The van der Waals surface area contributed by atoms with Gasteiger partial charge >= 0.3 is 6.18 Å². The molecule has 2 atom stereocenters. The second kappa shape index (κ2) is 6.41. The van der Waals surface area contributed by atoms with Crippen molar-refractivity contribution in [3.63, 3.8) is 0 Å². The van der Waals surface area contributed by atoms with Crippen LogP contribution in [0.2, 0.25) is 0 Å². The minimum absolute atomic E-state index is 0.0354. The Balaban J connectivity index is 1.95. The van der Waals surface area contributed by atoms with Crippen molar-refractivity contribution in [3.8, 4) is 0 Å².